The van der Waals surface area contributed by atoms with Crippen LogP contribution in [0.4, 0.5) is 0 Å². The Morgan fingerprint density at radius 2 is 1.59 bits per heavy atom. The Hall–Kier alpha value is -0.860. The molecule has 0 unspecified atom stereocenters. The minimum Gasteiger partial charge on any atom is -0.251 e. The van der Waals surface area contributed by atoms with Crippen molar-refractivity contribution < 1.29 is 10.1 Å². The zero-order valence-corrected chi connectivity index (χ0v) is 15.9. The molecule has 0 amide bonds. The van der Waals surface area contributed by atoms with E-state index in [1.807, 2.05) is 13.8 Å². The van der Waals surface area contributed by atoms with Crippen molar-refractivity contribution in [1.82, 2.24) is 0 Å². The number of hydrogen-bond acceptors (Lipinski definition) is 2. The fourth-order valence-corrected chi connectivity index (χ4v) is 3.91. The summed E-state index contributed by atoms with van der Waals surface area (Å²) in [7, 11) is 0. The summed E-state index contributed by atoms with van der Waals surface area (Å²) in [6, 6.07) is 4.31. The van der Waals surface area contributed by atoms with E-state index in [-0.39, 0.29) is 22.9 Å². The second-order valence-electron chi connectivity index (χ2n) is 7.97. The van der Waals surface area contributed by atoms with Crippen LogP contribution in [-0.2, 0) is 23.3 Å². The fourth-order valence-electron chi connectivity index (χ4n) is 3.91. The van der Waals surface area contributed by atoms with Gasteiger partial charge in [-0.1, -0.05) is 67.5 Å². The molecule has 0 spiro atoms. The van der Waals surface area contributed by atoms with Gasteiger partial charge in [-0.2, -0.15) is 0 Å². The first kappa shape index (κ1) is 19.2. The van der Waals surface area contributed by atoms with Gasteiger partial charge < -0.3 is 0 Å². The number of benzene rings is 1. The van der Waals surface area contributed by atoms with Crippen LogP contribution >= 0.6 is 0 Å². The minimum absolute atomic E-state index is 0.0830. The van der Waals surface area contributed by atoms with E-state index >= 15 is 0 Å². The van der Waals surface area contributed by atoms with Gasteiger partial charge in [0, 0.05) is 0 Å². The van der Waals surface area contributed by atoms with Crippen LogP contribution in [0.25, 0.3) is 0 Å². The highest BCUT2D eigenvalue weighted by Crippen LogP contribution is 2.59. The lowest BCUT2D eigenvalue weighted by atomic mass is 9.47. The molecular weight excluding hydrogens is 272 g/mol. The molecule has 0 saturated heterocycles. The first-order valence-corrected chi connectivity index (χ1v) is 8.44. The standard InChI is InChI=1S/C18H28O2.C2H6/c1-12-14(11-20-19)9-8-13-10-16(2,3)18(6,7)17(4,5)15(12)13;1-2/h8-9,19H,10-11H2,1-7H3;1-2H3. The third-order valence-electron chi connectivity index (χ3n) is 6.40. The smallest absolute Gasteiger partial charge is 0.107 e. The van der Waals surface area contributed by atoms with Crippen molar-refractivity contribution in [3.05, 3.63) is 34.4 Å². The van der Waals surface area contributed by atoms with E-state index in [1.165, 1.54) is 16.7 Å². The first-order chi connectivity index (χ1) is 10.1. The van der Waals surface area contributed by atoms with Gasteiger partial charge in [-0.05, 0) is 51.8 Å². The van der Waals surface area contributed by atoms with Crippen molar-refractivity contribution in [2.45, 2.75) is 80.8 Å². The van der Waals surface area contributed by atoms with E-state index in [1.54, 1.807) is 0 Å². The molecule has 0 bridgehead atoms. The van der Waals surface area contributed by atoms with Gasteiger partial charge in [0.25, 0.3) is 0 Å². The molecule has 126 valence electrons. The monoisotopic (exact) mass is 306 g/mol. The Kier molecular flexibility index (Phi) is 5.52. The van der Waals surface area contributed by atoms with Gasteiger partial charge >= 0.3 is 0 Å². The molecule has 0 radical (unpaired) electrons. The minimum atomic E-state index is 0.0830. The predicted molar refractivity (Wildman–Crippen MR) is 94.2 cm³/mol. The molecule has 2 heteroatoms. The summed E-state index contributed by atoms with van der Waals surface area (Å²) in [6.45, 7) is 20.6. The molecule has 1 aromatic carbocycles. The van der Waals surface area contributed by atoms with Crippen molar-refractivity contribution in [3.8, 4) is 0 Å². The Morgan fingerprint density at radius 1 is 1.05 bits per heavy atom. The summed E-state index contributed by atoms with van der Waals surface area (Å²) in [5, 5.41) is 8.76. The van der Waals surface area contributed by atoms with Crippen LogP contribution < -0.4 is 0 Å². The maximum atomic E-state index is 8.76. The topological polar surface area (TPSA) is 29.5 Å². The van der Waals surface area contributed by atoms with Crippen LogP contribution in [0.2, 0.25) is 0 Å². The zero-order chi connectivity index (χ0) is 17.3. The summed E-state index contributed by atoms with van der Waals surface area (Å²) >= 11 is 0. The van der Waals surface area contributed by atoms with E-state index in [9.17, 15) is 0 Å². The van der Waals surface area contributed by atoms with Crippen molar-refractivity contribution in [3.63, 3.8) is 0 Å². The van der Waals surface area contributed by atoms with E-state index in [0.29, 0.717) is 0 Å². The maximum Gasteiger partial charge on any atom is 0.107 e. The van der Waals surface area contributed by atoms with Gasteiger partial charge in [-0.25, -0.2) is 4.89 Å². The Bertz CT molecular complexity index is 525. The molecule has 0 atom stereocenters. The second-order valence-corrected chi connectivity index (χ2v) is 7.97. The molecule has 1 aromatic rings. The summed E-state index contributed by atoms with van der Waals surface area (Å²) in [5.74, 6) is 0. The normalized spacial score (nSPS) is 20.6. The van der Waals surface area contributed by atoms with Gasteiger partial charge in [-0.3, -0.25) is 5.26 Å². The Labute approximate surface area is 136 Å². The Balaban J connectivity index is 0.00000116. The molecule has 1 aliphatic carbocycles. The molecule has 2 nitrogen and oxygen atoms in total. The molecule has 2 rings (SSSR count). The van der Waals surface area contributed by atoms with E-state index in [2.05, 4.69) is 65.5 Å². The lowest BCUT2D eigenvalue weighted by Crippen LogP contribution is -2.52. The quantitative estimate of drug-likeness (QED) is 0.544. The van der Waals surface area contributed by atoms with Crippen molar-refractivity contribution in [2.24, 2.45) is 10.8 Å². The van der Waals surface area contributed by atoms with Crippen LogP contribution in [0.15, 0.2) is 12.1 Å². The SMILES string of the molecule is CC.Cc1c(COO)ccc2c1C(C)(C)C(C)(C)C(C)(C)C2. The Morgan fingerprint density at radius 3 is 2.09 bits per heavy atom. The highest BCUT2D eigenvalue weighted by molar-refractivity contribution is 5.48. The van der Waals surface area contributed by atoms with Crippen molar-refractivity contribution >= 4 is 0 Å². The number of rotatable bonds is 2. The molecule has 0 fully saturated rings. The van der Waals surface area contributed by atoms with Crippen LogP contribution in [0, 0.1) is 17.8 Å². The molecule has 22 heavy (non-hydrogen) atoms. The maximum absolute atomic E-state index is 8.76. The van der Waals surface area contributed by atoms with Crippen molar-refractivity contribution in [2.75, 3.05) is 0 Å². The third-order valence-corrected chi connectivity index (χ3v) is 6.40. The molecule has 0 saturated carbocycles. The summed E-state index contributed by atoms with van der Waals surface area (Å²) in [6.07, 6.45) is 1.10. The van der Waals surface area contributed by atoms with Gasteiger partial charge in [0.1, 0.15) is 6.61 Å². The first-order valence-electron chi connectivity index (χ1n) is 8.44. The fraction of sp³-hybridized carbons (Fsp3) is 0.700. The average Bonchev–Trinajstić information content (AvgIpc) is 2.42. The average molecular weight is 306 g/mol. The molecule has 0 aliphatic heterocycles. The summed E-state index contributed by atoms with van der Waals surface area (Å²) in [5.41, 5.74) is 5.76. The van der Waals surface area contributed by atoms with E-state index < -0.39 is 0 Å². The summed E-state index contributed by atoms with van der Waals surface area (Å²) in [4.78, 5) is 4.36. The van der Waals surface area contributed by atoms with Crippen LogP contribution in [0.1, 0.15) is 77.6 Å². The molecule has 1 N–H and O–H groups in total. The lowest BCUT2D eigenvalue weighted by Gasteiger charge is -2.57. The van der Waals surface area contributed by atoms with Gasteiger partial charge in [0.2, 0.25) is 0 Å². The predicted octanol–water partition coefficient (Wildman–Crippen LogP) is 5.90. The zero-order valence-electron chi connectivity index (χ0n) is 15.9. The van der Waals surface area contributed by atoms with Crippen LogP contribution in [0.5, 0.6) is 0 Å². The third kappa shape index (κ3) is 2.72. The molecule has 0 heterocycles. The highest BCUT2D eigenvalue weighted by atomic mass is 17.1. The van der Waals surface area contributed by atoms with Crippen molar-refractivity contribution in [1.29, 1.82) is 0 Å². The van der Waals surface area contributed by atoms with Crippen LogP contribution in [0.3, 0.4) is 0 Å². The lowest BCUT2D eigenvalue weighted by molar-refractivity contribution is -0.253. The largest absolute Gasteiger partial charge is 0.251 e. The second kappa shape index (κ2) is 6.33. The van der Waals surface area contributed by atoms with E-state index in [0.717, 1.165) is 12.0 Å². The summed E-state index contributed by atoms with van der Waals surface area (Å²) < 4.78 is 0. The molecule has 0 aromatic heterocycles. The number of hydrogen-bond donors (Lipinski definition) is 1. The van der Waals surface area contributed by atoms with E-state index in [4.69, 9.17) is 5.26 Å². The van der Waals surface area contributed by atoms with Gasteiger partial charge in [0.15, 0.2) is 0 Å². The molecular formula is C20H34O2. The van der Waals surface area contributed by atoms with Crippen LogP contribution in [-0.4, -0.2) is 5.26 Å². The number of fused-ring (bicyclic) bond motifs is 1. The van der Waals surface area contributed by atoms with Gasteiger partial charge in [0.05, 0.1) is 0 Å². The molecule has 1 aliphatic rings. The van der Waals surface area contributed by atoms with Gasteiger partial charge in [-0.15, -0.1) is 0 Å². The highest BCUT2D eigenvalue weighted by Gasteiger charge is 2.53.